The van der Waals surface area contributed by atoms with Crippen LogP contribution in [0.25, 0.3) is 0 Å². The molecule has 0 bridgehead atoms. The van der Waals surface area contributed by atoms with Crippen molar-refractivity contribution < 1.29 is 24.9 Å². The Bertz CT molecular complexity index is 540. The number of aliphatic hydroxyl groups is 3. The number of fused-ring (bicyclic) bond motifs is 1. The fourth-order valence-corrected chi connectivity index (χ4v) is 2.27. The van der Waals surface area contributed by atoms with Crippen molar-refractivity contribution in [1.29, 1.82) is 0 Å². The highest BCUT2D eigenvalue weighted by molar-refractivity contribution is 6.09. The van der Waals surface area contributed by atoms with Crippen LogP contribution < -0.4 is 0 Å². The normalized spacial score (nSPS) is 33.7. The van der Waals surface area contributed by atoms with Crippen molar-refractivity contribution in [3.8, 4) is 0 Å². The molecule has 3 N–H and O–H groups in total. The Labute approximate surface area is 107 Å². The molecule has 1 fully saturated rings. The van der Waals surface area contributed by atoms with E-state index >= 15 is 0 Å². The molecule has 19 heavy (non-hydrogen) atoms. The van der Waals surface area contributed by atoms with Crippen LogP contribution in [0.2, 0.25) is 0 Å². The SMILES string of the molecule is O=C1CC=Nc2c1cnn2[C@@H]1O[C@H](CO)[C@@H](O)[C@H]1O. The largest absolute Gasteiger partial charge is 0.394 e. The summed E-state index contributed by atoms with van der Waals surface area (Å²) in [5.41, 5.74) is 0.361. The number of hydrogen-bond donors (Lipinski definition) is 3. The first-order chi connectivity index (χ1) is 9.13. The molecule has 2 aliphatic rings. The van der Waals surface area contributed by atoms with Gasteiger partial charge in [-0.05, 0) is 0 Å². The summed E-state index contributed by atoms with van der Waals surface area (Å²) in [6.07, 6.45) is -1.27. The molecule has 3 rings (SSSR count). The minimum Gasteiger partial charge on any atom is -0.394 e. The first kappa shape index (κ1) is 12.4. The van der Waals surface area contributed by atoms with E-state index in [1.165, 1.54) is 17.1 Å². The molecule has 1 aromatic rings. The van der Waals surface area contributed by atoms with Gasteiger partial charge in [0.15, 0.2) is 17.8 Å². The Kier molecular flexibility index (Phi) is 2.94. The summed E-state index contributed by atoms with van der Waals surface area (Å²) in [4.78, 5) is 15.7. The number of aromatic nitrogens is 2. The quantitative estimate of drug-likeness (QED) is 0.618. The number of aliphatic imine (C=N–C) groups is 1. The molecule has 3 heterocycles. The van der Waals surface area contributed by atoms with E-state index < -0.39 is 31.1 Å². The molecule has 0 aliphatic carbocycles. The van der Waals surface area contributed by atoms with Crippen LogP contribution in [0, 0.1) is 0 Å². The molecule has 0 amide bonds. The third-order valence-corrected chi connectivity index (χ3v) is 3.32. The smallest absolute Gasteiger partial charge is 0.181 e. The van der Waals surface area contributed by atoms with Crippen molar-refractivity contribution in [2.45, 2.75) is 31.0 Å². The van der Waals surface area contributed by atoms with Crippen molar-refractivity contribution in [2.75, 3.05) is 6.61 Å². The van der Waals surface area contributed by atoms with Crippen LogP contribution in [0.3, 0.4) is 0 Å². The Hall–Kier alpha value is -1.61. The standard InChI is InChI=1S/C11H13N3O5/c15-4-7-8(17)9(18)11(19-7)14-10-5(3-13-14)6(16)1-2-12-10/h2-3,7-9,11,15,17-18H,1,4H2/t7-,8-,9-,11-/m1/s1. The van der Waals surface area contributed by atoms with Crippen LogP contribution in [0.1, 0.15) is 23.0 Å². The van der Waals surface area contributed by atoms with Crippen LogP contribution in [0.5, 0.6) is 0 Å². The van der Waals surface area contributed by atoms with Gasteiger partial charge in [0.25, 0.3) is 0 Å². The lowest BCUT2D eigenvalue weighted by Gasteiger charge is -2.17. The van der Waals surface area contributed by atoms with Gasteiger partial charge in [0.2, 0.25) is 0 Å². The number of rotatable bonds is 2. The number of ether oxygens (including phenoxy) is 1. The van der Waals surface area contributed by atoms with Gasteiger partial charge in [0, 0.05) is 12.6 Å². The van der Waals surface area contributed by atoms with Crippen LogP contribution in [0.4, 0.5) is 5.82 Å². The molecule has 0 aromatic carbocycles. The Balaban J connectivity index is 1.97. The van der Waals surface area contributed by atoms with Crippen molar-refractivity contribution in [3.63, 3.8) is 0 Å². The van der Waals surface area contributed by atoms with Gasteiger partial charge >= 0.3 is 0 Å². The Morgan fingerprint density at radius 1 is 1.42 bits per heavy atom. The molecule has 4 atom stereocenters. The Morgan fingerprint density at radius 3 is 2.89 bits per heavy atom. The van der Waals surface area contributed by atoms with Crippen molar-refractivity contribution in [2.24, 2.45) is 4.99 Å². The molecular formula is C11H13N3O5. The summed E-state index contributed by atoms with van der Waals surface area (Å²) in [6, 6.07) is 0. The maximum absolute atomic E-state index is 11.6. The monoisotopic (exact) mass is 267 g/mol. The summed E-state index contributed by atoms with van der Waals surface area (Å²) >= 11 is 0. The molecule has 102 valence electrons. The van der Waals surface area contributed by atoms with Gasteiger partial charge in [-0.3, -0.25) is 4.79 Å². The summed E-state index contributed by atoms with van der Waals surface area (Å²) in [5, 5.41) is 32.6. The summed E-state index contributed by atoms with van der Waals surface area (Å²) in [7, 11) is 0. The van der Waals surface area contributed by atoms with Crippen LogP contribution in [-0.4, -0.2) is 62.0 Å². The van der Waals surface area contributed by atoms with Crippen molar-refractivity contribution in [3.05, 3.63) is 11.8 Å². The van der Waals surface area contributed by atoms with Crippen LogP contribution in [-0.2, 0) is 4.74 Å². The highest BCUT2D eigenvalue weighted by Gasteiger charge is 2.45. The summed E-state index contributed by atoms with van der Waals surface area (Å²) in [6.45, 7) is -0.416. The van der Waals surface area contributed by atoms with Gasteiger partial charge in [-0.15, -0.1) is 0 Å². The van der Waals surface area contributed by atoms with Crippen molar-refractivity contribution in [1.82, 2.24) is 9.78 Å². The summed E-state index contributed by atoms with van der Waals surface area (Å²) < 4.78 is 6.60. The van der Waals surface area contributed by atoms with Crippen molar-refractivity contribution >= 4 is 17.8 Å². The third kappa shape index (κ3) is 1.80. The lowest BCUT2D eigenvalue weighted by molar-refractivity contribution is -0.0576. The van der Waals surface area contributed by atoms with Gasteiger partial charge in [-0.25, -0.2) is 9.67 Å². The highest BCUT2D eigenvalue weighted by Crippen LogP contribution is 2.34. The number of hydrogen-bond acceptors (Lipinski definition) is 7. The minimum atomic E-state index is -1.24. The zero-order valence-corrected chi connectivity index (χ0v) is 9.88. The predicted molar refractivity (Wildman–Crippen MR) is 62.3 cm³/mol. The lowest BCUT2D eigenvalue weighted by Crippen LogP contribution is -2.33. The molecule has 8 nitrogen and oxygen atoms in total. The van der Waals surface area contributed by atoms with E-state index in [1.807, 2.05) is 0 Å². The van der Waals surface area contributed by atoms with Gasteiger partial charge < -0.3 is 20.1 Å². The maximum Gasteiger partial charge on any atom is 0.181 e. The fraction of sp³-hybridized carbons (Fsp3) is 0.545. The molecule has 0 saturated carbocycles. The van der Waals surface area contributed by atoms with Gasteiger partial charge in [-0.2, -0.15) is 5.10 Å². The third-order valence-electron chi connectivity index (χ3n) is 3.32. The van der Waals surface area contributed by atoms with Crippen LogP contribution >= 0.6 is 0 Å². The lowest BCUT2D eigenvalue weighted by atomic mass is 10.1. The zero-order valence-electron chi connectivity index (χ0n) is 9.88. The first-order valence-electron chi connectivity index (χ1n) is 5.89. The first-order valence-corrected chi connectivity index (χ1v) is 5.89. The second-order valence-corrected chi connectivity index (χ2v) is 4.49. The average molecular weight is 267 g/mol. The second-order valence-electron chi connectivity index (χ2n) is 4.49. The fourth-order valence-electron chi connectivity index (χ4n) is 2.27. The minimum absolute atomic E-state index is 0.108. The second kappa shape index (κ2) is 4.49. The van der Waals surface area contributed by atoms with Gasteiger partial charge in [-0.1, -0.05) is 0 Å². The van der Waals surface area contributed by atoms with E-state index in [1.54, 1.807) is 0 Å². The number of Topliss-reactive ketones (excluding diaryl/α,β-unsaturated/α-hetero) is 1. The summed E-state index contributed by atoms with van der Waals surface area (Å²) in [5.74, 6) is 0.189. The molecule has 8 heteroatoms. The van der Waals surface area contributed by atoms with Crippen LogP contribution in [0.15, 0.2) is 11.2 Å². The molecule has 0 unspecified atom stereocenters. The predicted octanol–water partition coefficient (Wildman–Crippen LogP) is -1.22. The van der Waals surface area contributed by atoms with E-state index in [9.17, 15) is 15.0 Å². The van der Waals surface area contributed by atoms with E-state index in [0.717, 1.165) is 0 Å². The zero-order chi connectivity index (χ0) is 13.6. The molecule has 0 radical (unpaired) electrons. The van der Waals surface area contributed by atoms with E-state index in [2.05, 4.69) is 10.1 Å². The number of carbonyl (C=O) groups excluding carboxylic acids is 1. The van der Waals surface area contributed by atoms with E-state index in [-0.39, 0.29) is 12.2 Å². The average Bonchev–Trinajstić information content (AvgIpc) is 2.94. The highest BCUT2D eigenvalue weighted by atomic mass is 16.6. The van der Waals surface area contributed by atoms with E-state index in [4.69, 9.17) is 9.84 Å². The van der Waals surface area contributed by atoms with Gasteiger partial charge in [0.05, 0.1) is 18.4 Å². The molecule has 1 saturated heterocycles. The number of ketones is 1. The maximum atomic E-state index is 11.6. The number of carbonyl (C=O) groups is 1. The molecule has 1 aromatic heterocycles. The Morgan fingerprint density at radius 2 is 2.21 bits per heavy atom. The molecule has 0 spiro atoms. The number of aliphatic hydroxyl groups excluding tert-OH is 3. The van der Waals surface area contributed by atoms with Gasteiger partial charge in [0.1, 0.15) is 18.3 Å². The molecule has 2 aliphatic heterocycles. The number of nitrogens with zero attached hydrogens (tertiary/aromatic N) is 3. The van der Waals surface area contributed by atoms with E-state index in [0.29, 0.717) is 11.4 Å². The topological polar surface area (TPSA) is 117 Å². The molecular weight excluding hydrogens is 254 g/mol.